The van der Waals surface area contributed by atoms with Gasteiger partial charge in [0.05, 0.1) is 18.2 Å². The first-order chi connectivity index (χ1) is 6.43. The number of allylic oxidation sites excluding steroid dienone is 1. The Kier molecular flexibility index (Phi) is 1.52. The molecule has 0 aromatic carbocycles. The molecule has 0 bridgehead atoms. The molecule has 0 spiro atoms. The maximum Gasteiger partial charge on any atom is 0.0924 e. The van der Waals surface area contributed by atoms with Crippen molar-refractivity contribution in [2.75, 3.05) is 13.1 Å². The molecule has 2 aliphatic rings. The molecular formula is C10H13N3. The summed E-state index contributed by atoms with van der Waals surface area (Å²) in [7, 11) is 0. The number of hydrogen-bond acceptors (Lipinski definition) is 2. The van der Waals surface area contributed by atoms with Gasteiger partial charge in [0.2, 0.25) is 0 Å². The van der Waals surface area contributed by atoms with Crippen molar-refractivity contribution in [3.63, 3.8) is 0 Å². The van der Waals surface area contributed by atoms with Crippen molar-refractivity contribution in [3.05, 3.63) is 24.3 Å². The highest BCUT2D eigenvalue weighted by atomic mass is 14.9. The first kappa shape index (κ1) is 7.33. The smallest absolute Gasteiger partial charge is 0.0924 e. The number of fused-ring (bicyclic) bond motifs is 1. The predicted molar refractivity (Wildman–Crippen MR) is 51.0 cm³/mol. The Hall–Kier alpha value is -1.09. The summed E-state index contributed by atoms with van der Waals surface area (Å²) >= 11 is 0. The lowest BCUT2D eigenvalue weighted by atomic mass is 9.99. The quantitative estimate of drug-likeness (QED) is 0.669. The van der Waals surface area contributed by atoms with Crippen molar-refractivity contribution in [1.82, 2.24) is 15.3 Å². The van der Waals surface area contributed by atoms with E-state index >= 15 is 0 Å². The molecule has 1 aromatic rings. The molecule has 13 heavy (non-hydrogen) atoms. The number of nitrogens with one attached hydrogen (secondary N) is 2. The maximum absolute atomic E-state index is 4.05. The lowest BCUT2D eigenvalue weighted by molar-refractivity contribution is 0.536. The molecule has 2 N–H and O–H groups in total. The minimum Gasteiger partial charge on any atom is -0.345 e. The van der Waals surface area contributed by atoms with Gasteiger partial charge in [-0.25, -0.2) is 4.98 Å². The van der Waals surface area contributed by atoms with E-state index in [4.69, 9.17) is 0 Å². The van der Waals surface area contributed by atoms with Crippen LogP contribution in [0.2, 0.25) is 0 Å². The van der Waals surface area contributed by atoms with Gasteiger partial charge in [-0.15, -0.1) is 0 Å². The Bertz CT molecular complexity index is 326. The summed E-state index contributed by atoms with van der Waals surface area (Å²) in [6.07, 6.45) is 7.28. The Morgan fingerprint density at radius 3 is 3.15 bits per heavy atom. The molecular weight excluding hydrogens is 162 g/mol. The zero-order valence-electron chi connectivity index (χ0n) is 7.46. The fourth-order valence-corrected chi connectivity index (χ4v) is 2.41. The molecule has 68 valence electrons. The molecule has 1 aromatic heterocycles. The summed E-state index contributed by atoms with van der Waals surface area (Å²) in [5, 5.41) is 3.42. The van der Waals surface area contributed by atoms with Crippen LogP contribution < -0.4 is 5.32 Å². The van der Waals surface area contributed by atoms with Crippen LogP contribution in [0.1, 0.15) is 12.1 Å². The second kappa shape index (κ2) is 2.70. The van der Waals surface area contributed by atoms with Crippen molar-refractivity contribution in [2.24, 2.45) is 11.8 Å². The van der Waals surface area contributed by atoms with Gasteiger partial charge in [-0.2, -0.15) is 0 Å². The van der Waals surface area contributed by atoms with Gasteiger partial charge in [-0.3, -0.25) is 0 Å². The second-order valence-corrected chi connectivity index (χ2v) is 3.94. The first-order valence-corrected chi connectivity index (χ1v) is 4.83. The highest BCUT2D eigenvalue weighted by Crippen LogP contribution is 2.37. The van der Waals surface area contributed by atoms with Gasteiger partial charge in [-0.05, 0) is 30.4 Å². The average molecular weight is 175 g/mol. The molecule has 2 atom stereocenters. The normalized spacial score (nSPS) is 31.8. The monoisotopic (exact) mass is 175 g/mol. The van der Waals surface area contributed by atoms with E-state index in [1.807, 2.05) is 6.20 Å². The highest BCUT2D eigenvalue weighted by Gasteiger charge is 2.31. The molecule has 1 aliphatic carbocycles. The van der Waals surface area contributed by atoms with Crippen LogP contribution in [-0.2, 0) is 0 Å². The number of nitrogens with zero attached hydrogens (tertiary/aromatic N) is 1. The average Bonchev–Trinajstić information content (AvgIpc) is 2.78. The van der Waals surface area contributed by atoms with Crippen LogP contribution in [0.4, 0.5) is 0 Å². The van der Waals surface area contributed by atoms with E-state index in [1.54, 1.807) is 6.33 Å². The fraction of sp³-hybridized carbons (Fsp3) is 0.500. The number of imidazole rings is 1. The molecule has 2 heterocycles. The third-order valence-corrected chi connectivity index (χ3v) is 3.13. The van der Waals surface area contributed by atoms with Crippen LogP contribution in [0.3, 0.4) is 0 Å². The SMILES string of the molecule is C1=C(c2cnc[nH]2)C[C@H]2CNC[C@@H]12. The van der Waals surface area contributed by atoms with E-state index in [9.17, 15) is 0 Å². The molecule has 0 unspecified atom stereocenters. The third-order valence-electron chi connectivity index (χ3n) is 3.13. The predicted octanol–water partition coefficient (Wildman–Crippen LogP) is 1.03. The van der Waals surface area contributed by atoms with Crippen molar-refractivity contribution < 1.29 is 0 Å². The number of rotatable bonds is 1. The number of hydrogen-bond donors (Lipinski definition) is 2. The van der Waals surface area contributed by atoms with E-state index in [0.29, 0.717) is 0 Å². The Morgan fingerprint density at radius 1 is 1.38 bits per heavy atom. The summed E-state index contributed by atoms with van der Waals surface area (Å²) < 4.78 is 0. The molecule has 1 fully saturated rings. The molecule has 3 rings (SSSR count). The topological polar surface area (TPSA) is 40.7 Å². The maximum atomic E-state index is 4.05. The number of aromatic nitrogens is 2. The minimum atomic E-state index is 0.762. The largest absolute Gasteiger partial charge is 0.345 e. The van der Waals surface area contributed by atoms with Crippen molar-refractivity contribution in [1.29, 1.82) is 0 Å². The zero-order valence-corrected chi connectivity index (χ0v) is 7.46. The van der Waals surface area contributed by atoms with Crippen LogP contribution in [0.5, 0.6) is 0 Å². The van der Waals surface area contributed by atoms with E-state index in [-0.39, 0.29) is 0 Å². The molecule has 1 aliphatic heterocycles. The summed E-state index contributed by atoms with van der Waals surface area (Å²) in [6.45, 7) is 2.33. The van der Waals surface area contributed by atoms with Crippen LogP contribution >= 0.6 is 0 Å². The zero-order chi connectivity index (χ0) is 8.67. The van der Waals surface area contributed by atoms with Gasteiger partial charge in [0.25, 0.3) is 0 Å². The second-order valence-electron chi connectivity index (χ2n) is 3.94. The van der Waals surface area contributed by atoms with Gasteiger partial charge in [0, 0.05) is 6.54 Å². The summed E-state index contributed by atoms with van der Waals surface area (Å²) in [5.41, 5.74) is 2.66. The first-order valence-electron chi connectivity index (χ1n) is 4.83. The lowest BCUT2D eigenvalue weighted by Crippen LogP contribution is -2.09. The van der Waals surface area contributed by atoms with Crippen molar-refractivity contribution >= 4 is 5.57 Å². The van der Waals surface area contributed by atoms with Gasteiger partial charge in [-0.1, -0.05) is 6.08 Å². The van der Waals surface area contributed by atoms with E-state index in [0.717, 1.165) is 18.4 Å². The van der Waals surface area contributed by atoms with Crippen LogP contribution in [0.25, 0.3) is 5.57 Å². The third kappa shape index (κ3) is 1.11. The number of aromatic amines is 1. The molecule has 0 saturated carbocycles. The highest BCUT2D eigenvalue weighted by molar-refractivity contribution is 5.65. The van der Waals surface area contributed by atoms with Crippen molar-refractivity contribution in [3.8, 4) is 0 Å². The van der Waals surface area contributed by atoms with Crippen LogP contribution in [0, 0.1) is 11.8 Å². The Labute approximate surface area is 77.3 Å². The lowest BCUT2D eigenvalue weighted by Gasteiger charge is -2.04. The Balaban J connectivity index is 1.88. The Morgan fingerprint density at radius 2 is 2.38 bits per heavy atom. The van der Waals surface area contributed by atoms with E-state index in [2.05, 4.69) is 21.4 Å². The van der Waals surface area contributed by atoms with Crippen molar-refractivity contribution in [2.45, 2.75) is 6.42 Å². The van der Waals surface area contributed by atoms with Gasteiger partial charge in [0.15, 0.2) is 0 Å². The van der Waals surface area contributed by atoms with Crippen LogP contribution in [0.15, 0.2) is 18.6 Å². The van der Waals surface area contributed by atoms with Crippen LogP contribution in [-0.4, -0.2) is 23.1 Å². The standard InChI is InChI=1S/C10H13N3/c1-7(10-5-12-6-13-10)2-9-4-11-3-8(1)9/h1,5-6,8-9,11H,2-4H2,(H,12,13)/t8-,9+/m1/s1. The summed E-state index contributed by atoms with van der Waals surface area (Å²) in [6, 6.07) is 0. The van der Waals surface area contributed by atoms with Gasteiger partial charge in [0.1, 0.15) is 0 Å². The molecule has 0 radical (unpaired) electrons. The van der Waals surface area contributed by atoms with E-state index < -0.39 is 0 Å². The van der Waals surface area contributed by atoms with Gasteiger partial charge >= 0.3 is 0 Å². The summed E-state index contributed by atoms with van der Waals surface area (Å²) in [5.74, 6) is 1.59. The minimum absolute atomic E-state index is 0.762. The fourth-order valence-electron chi connectivity index (χ4n) is 2.41. The number of H-pyrrole nitrogens is 1. The summed E-state index contributed by atoms with van der Waals surface area (Å²) in [4.78, 5) is 7.22. The molecule has 0 amide bonds. The molecule has 3 nitrogen and oxygen atoms in total. The van der Waals surface area contributed by atoms with Gasteiger partial charge < -0.3 is 10.3 Å². The van der Waals surface area contributed by atoms with E-state index in [1.165, 1.54) is 24.2 Å². The molecule has 1 saturated heterocycles. The molecule has 3 heteroatoms.